The van der Waals surface area contributed by atoms with Crippen molar-refractivity contribution in [1.82, 2.24) is 0 Å². The summed E-state index contributed by atoms with van der Waals surface area (Å²) >= 11 is 1.03. The highest BCUT2D eigenvalue weighted by molar-refractivity contribution is 7.18. The Balaban J connectivity index is 2.02. The molecule has 0 saturated heterocycles. The number of ether oxygens (including phenoxy) is 1. The van der Waals surface area contributed by atoms with Gasteiger partial charge in [0.05, 0.1) is 18.5 Å². The zero-order valence-electron chi connectivity index (χ0n) is 11.7. The van der Waals surface area contributed by atoms with Gasteiger partial charge in [0.25, 0.3) is 0 Å². The van der Waals surface area contributed by atoms with E-state index in [1.165, 1.54) is 6.07 Å². The molecule has 1 aromatic carbocycles. The van der Waals surface area contributed by atoms with Gasteiger partial charge in [-0.15, -0.1) is 11.3 Å². The molecule has 5 nitrogen and oxygen atoms in total. The second kappa shape index (κ2) is 6.41. The molecule has 0 fully saturated rings. The molecule has 1 amide bonds. The predicted molar refractivity (Wildman–Crippen MR) is 81.3 cm³/mol. The van der Waals surface area contributed by atoms with E-state index in [1.54, 1.807) is 13.2 Å². The van der Waals surface area contributed by atoms with E-state index in [0.717, 1.165) is 28.2 Å². The molecule has 0 aliphatic rings. The summed E-state index contributed by atoms with van der Waals surface area (Å²) in [4.78, 5) is 22.9. The van der Waals surface area contributed by atoms with Gasteiger partial charge < -0.3 is 15.2 Å². The number of amides is 1. The number of carboxylic acid groups (broad SMARTS) is 1. The fourth-order valence-electron chi connectivity index (χ4n) is 1.86. The summed E-state index contributed by atoms with van der Waals surface area (Å²) in [5, 5.41) is 12.1. The molecule has 0 unspecified atom stereocenters. The molecule has 1 aromatic heterocycles. The average molecular weight is 305 g/mol. The van der Waals surface area contributed by atoms with E-state index in [0.29, 0.717) is 5.00 Å². The number of thiophene rings is 1. The fraction of sp³-hybridized carbons (Fsp3) is 0.200. The average Bonchev–Trinajstić information content (AvgIpc) is 2.89. The van der Waals surface area contributed by atoms with Crippen LogP contribution in [0.5, 0.6) is 5.75 Å². The van der Waals surface area contributed by atoms with Crippen molar-refractivity contribution in [2.45, 2.75) is 13.3 Å². The number of carbonyl (C=O) groups excluding carboxylic acids is 1. The minimum Gasteiger partial charge on any atom is -0.496 e. The first kappa shape index (κ1) is 15.1. The maximum absolute atomic E-state index is 12.0. The minimum absolute atomic E-state index is 0.195. The zero-order chi connectivity index (χ0) is 15.4. The summed E-state index contributed by atoms with van der Waals surface area (Å²) in [5.41, 5.74) is 1.84. The first-order valence-electron chi connectivity index (χ1n) is 6.26. The smallest absolute Gasteiger partial charge is 0.345 e. The molecular formula is C15H15NO4S. The van der Waals surface area contributed by atoms with Crippen molar-refractivity contribution in [3.05, 3.63) is 46.3 Å². The Bertz CT molecular complexity index is 678. The minimum atomic E-state index is -0.997. The molecular weight excluding hydrogens is 290 g/mol. The van der Waals surface area contributed by atoms with Crippen LogP contribution in [0, 0.1) is 6.92 Å². The second-order valence-electron chi connectivity index (χ2n) is 4.50. The molecule has 0 atom stereocenters. The monoisotopic (exact) mass is 305 g/mol. The normalized spacial score (nSPS) is 10.2. The lowest BCUT2D eigenvalue weighted by atomic mass is 10.1. The first-order chi connectivity index (χ1) is 9.99. The number of rotatable bonds is 5. The van der Waals surface area contributed by atoms with Crippen molar-refractivity contribution in [3.8, 4) is 5.75 Å². The van der Waals surface area contributed by atoms with Crippen LogP contribution in [0.25, 0.3) is 0 Å². The van der Waals surface area contributed by atoms with Crippen LogP contribution >= 0.6 is 11.3 Å². The van der Waals surface area contributed by atoms with Crippen LogP contribution in [-0.2, 0) is 11.2 Å². The lowest BCUT2D eigenvalue weighted by molar-refractivity contribution is -0.115. The van der Waals surface area contributed by atoms with Gasteiger partial charge in [0.2, 0.25) is 5.91 Å². The molecule has 1 heterocycles. The Morgan fingerprint density at radius 2 is 2.05 bits per heavy atom. The number of aromatic carboxylic acids is 1. The van der Waals surface area contributed by atoms with Crippen molar-refractivity contribution >= 4 is 28.2 Å². The van der Waals surface area contributed by atoms with Crippen LogP contribution in [0.4, 0.5) is 5.00 Å². The summed E-state index contributed by atoms with van der Waals surface area (Å²) in [6.07, 6.45) is 0.205. The number of carbonyl (C=O) groups is 2. The molecule has 6 heteroatoms. The van der Waals surface area contributed by atoms with Gasteiger partial charge in [-0.2, -0.15) is 0 Å². The number of anilines is 1. The highest BCUT2D eigenvalue weighted by Gasteiger charge is 2.10. The topological polar surface area (TPSA) is 75.6 Å². The van der Waals surface area contributed by atoms with Crippen LogP contribution in [0.3, 0.4) is 0 Å². The number of nitrogens with one attached hydrogen (secondary N) is 1. The van der Waals surface area contributed by atoms with Gasteiger partial charge in [0.1, 0.15) is 10.6 Å². The number of benzene rings is 1. The van der Waals surface area contributed by atoms with Gasteiger partial charge in [-0.1, -0.05) is 12.1 Å². The third kappa shape index (κ3) is 3.82. The molecule has 2 rings (SSSR count). The molecule has 21 heavy (non-hydrogen) atoms. The van der Waals surface area contributed by atoms with Crippen LogP contribution in [0.15, 0.2) is 30.3 Å². The van der Waals surface area contributed by atoms with Crippen LogP contribution in [0.2, 0.25) is 0 Å². The highest BCUT2D eigenvalue weighted by atomic mass is 32.1. The maximum atomic E-state index is 12.0. The molecule has 2 N–H and O–H groups in total. The Morgan fingerprint density at radius 3 is 2.67 bits per heavy atom. The van der Waals surface area contributed by atoms with Crippen molar-refractivity contribution in [3.63, 3.8) is 0 Å². The van der Waals surface area contributed by atoms with Crippen LogP contribution in [0.1, 0.15) is 20.8 Å². The SMILES string of the molecule is COc1cc(CC(=O)Nc2ccc(C(=O)O)s2)ccc1C. The Labute approximate surface area is 126 Å². The standard InChI is InChI=1S/C15H15NO4S/c1-9-3-4-10(7-11(9)20-2)8-13(17)16-14-6-5-12(21-14)15(18)19/h3-7H,8H2,1-2H3,(H,16,17)(H,18,19). The molecule has 0 aliphatic carbocycles. The largest absolute Gasteiger partial charge is 0.496 e. The van der Waals surface area contributed by atoms with E-state index in [1.807, 2.05) is 25.1 Å². The Kier molecular flexibility index (Phi) is 4.59. The summed E-state index contributed by atoms with van der Waals surface area (Å²) in [5.74, 6) is -0.451. The van der Waals surface area contributed by atoms with E-state index in [9.17, 15) is 9.59 Å². The van der Waals surface area contributed by atoms with Crippen molar-refractivity contribution in [1.29, 1.82) is 0 Å². The second-order valence-corrected chi connectivity index (χ2v) is 5.58. The quantitative estimate of drug-likeness (QED) is 0.890. The van der Waals surface area contributed by atoms with Crippen molar-refractivity contribution in [2.24, 2.45) is 0 Å². The molecule has 0 spiro atoms. The third-order valence-electron chi connectivity index (χ3n) is 2.92. The molecule has 110 valence electrons. The predicted octanol–water partition coefficient (Wildman–Crippen LogP) is 2.94. The van der Waals surface area contributed by atoms with E-state index in [-0.39, 0.29) is 17.2 Å². The fourth-order valence-corrected chi connectivity index (χ4v) is 2.62. The summed E-state index contributed by atoms with van der Waals surface area (Å²) < 4.78 is 5.22. The summed E-state index contributed by atoms with van der Waals surface area (Å²) in [6.45, 7) is 1.93. The first-order valence-corrected chi connectivity index (χ1v) is 7.07. The van der Waals surface area contributed by atoms with Crippen LogP contribution < -0.4 is 10.1 Å². The molecule has 0 aliphatic heterocycles. The van der Waals surface area contributed by atoms with Crippen LogP contribution in [-0.4, -0.2) is 24.1 Å². The molecule has 2 aromatic rings. The van der Waals surface area contributed by atoms with E-state index in [4.69, 9.17) is 9.84 Å². The lowest BCUT2D eigenvalue weighted by Crippen LogP contribution is -2.13. The maximum Gasteiger partial charge on any atom is 0.345 e. The van der Waals surface area contributed by atoms with Crippen molar-refractivity contribution < 1.29 is 19.4 Å². The zero-order valence-corrected chi connectivity index (χ0v) is 12.5. The van der Waals surface area contributed by atoms with Crippen molar-refractivity contribution in [2.75, 3.05) is 12.4 Å². The van der Waals surface area contributed by atoms with Gasteiger partial charge in [0, 0.05) is 0 Å². The number of hydrogen-bond donors (Lipinski definition) is 2. The highest BCUT2D eigenvalue weighted by Crippen LogP contribution is 2.23. The third-order valence-corrected chi connectivity index (χ3v) is 3.91. The number of methoxy groups -OCH3 is 1. The molecule has 0 radical (unpaired) electrons. The number of aryl methyl sites for hydroxylation is 1. The Morgan fingerprint density at radius 1 is 1.29 bits per heavy atom. The molecule has 0 saturated carbocycles. The number of hydrogen-bond acceptors (Lipinski definition) is 4. The van der Waals surface area contributed by atoms with Gasteiger partial charge in [0.15, 0.2) is 0 Å². The van der Waals surface area contributed by atoms with Gasteiger partial charge in [-0.05, 0) is 36.2 Å². The van der Waals surface area contributed by atoms with Gasteiger partial charge in [-0.25, -0.2) is 4.79 Å². The van der Waals surface area contributed by atoms with Gasteiger partial charge in [-0.3, -0.25) is 4.79 Å². The Hall–Kier alpha value is -2.34. The van der Waals surface area contributed by atoms with E-state index >= 15 is 0 Å². The van der Waals surface area contributed by atoms with E-state index < -0.39 is 5.97 Å². The molecule has 0 bridgehead atoms. The summed E-state index contributed by atoms with van der Waals surface area (Å²) in [6, 6.07) is 8.65. The lowest BCUT2D eigenvalue weighted by Gasteiger charge is -2.07. The van der Waals surface area contributed by atoms with E-state index in [2.05, 4.69) is 5.32 Å². The van der Waals surface area contributed by atoms with Gasteiger partial charge >= 0.3 is 5.97 Å². The number of carboxylic acids is 1. The summed E-state index contributed by atoms with van der Waals surface area (Å²) in [7, 11) is 1.59.